The van der Waals surface area contributed by atoms with Crippen LogP contribution in [0.1, 0.15) is 32.4 Å². The molecule has 2 amide bonds. The molecule has 0 saturated carbocycles. The first-order valence-corrected chi connectivity index (χ1v) is 11.2. The number of aromatic hydroxyl groups is 2. The first-order valence-electron chi connectivity index (χ1n) is 11.2. The first kappa shape index (κ1) is 23.9. The zero-order valence-electron chi connectivity index (χ0n) is 19.8. The molecule has 0 fully saturated rings. The molecule has 0 saturated heterocycles. The summed E-state index contributed by atoms with van der Waals surface area (Å²) in [5.74, 6) is -0.0368. The average Bonchev–Trinajstić information content (AvgIpc) is 2.81. The number of ether oxygens (including phenoxy) is 2. The lowest BCUT2D eigenvalue weighted by Gasteiger charge is -2.36. The molecular weight excluding hydrogens is 448 g/mol. The van der Waals surface area contributed by atoms with Crippen molar-refractivity contribution in [2.24, 2.45) is 0 Å². The molecule has 8 nitrogen and oxygen atoms in total. The van der Waals surface area contributed by atoms with Crippen molar-refractivity contribution in [3.63, 3.8) is 0 Å². The molecule has 1 heterocycles. The number of hydrogen-bond acceptors (Lipinski definition) is 6. The van der Waals surface area contributed by atoms with Gasteiger partial charge >= 0.3 is 0 Å². The van der Waals surface area contributed by atoms with E-state index in [1.165, 1.54) is 29.2 Å². The molecule has 1 aliphatic heterocycles. The highest BCUT2D eigenvalue weighted by molar-refractivity contribution is 6.04. The minimum Gasteiger partial charge on any atom is -0.508 e. The largest absolute Gasteiger partial charge is 0.508 e. The van der Waals surface area contributed by atoms with Crippen LogP contribution in [0.3, 0.4) is 0 Å². The molecule has 1 aliphatic rings. The summed E-state index contributed by atoms with van der Waals surface area (Å²) in [7, 11) is 0. The van der Waals surface area contributed by atoms with Crippen molar-refractivity contribution in [1.29, 1.82) is 0 Å². The molecule has 3 aromatic rings. The predicted octanol–water partition coefficient (Wildman–Crippen LogP) is 3.93. The van der Waals surface area contributed by atoms with Gasteiger partial charge in [-0.25, -0.2) is 0 Å². The van der Waals surface area contributed by atoms with Crippen LogP contribution in [-0.2, 0) is 9.59 Å². The Hall–Kier alpha value is -4.20. The van der Waals surface area contributed by atoms with Crippen LogP contribution in [0.2, 0.25) is 0 Å². The van der Waals surface area contributed by atoms with Crippen LogP contribution >= 0.6 is 0 Å². The number of carbonyl (C=O) groups is 2. The third-order valence-electron chi connectivity index (χ3n) is 5.34. The second-order valence-electron chi connectivity index (χ2n) is 9.33. The molecule has 4 rings (SSSR count). The van der Waals surface area contributed by atoms with Gasteiger partial charge in [-0.05, 0) is 62.7 Å². The van der Waals surface area contributed by atoms with Gasteiger partial charge in [0, 0.05) is 17.3 Å². The Balaban J connectivity index is 1.80. The predicted molar refractivity (Wildman–Crippen MR) is 131 cm³/mol. The Morgan fingerprint density at radius 2 is 1.63 bits per heavy atom. The fourth-order valence-corrected chi connectivity index (χ4v) is 3.86. The van der Waals surface area contributed by atoms with Gasteiger partial charge in [0.05, 0.1) is 0 Å². The number of amides is 2. The van der Waals surface area contributed by atoms with Crippen molar-refractivity contribution in [3.05, 3.63) is 78.4 Å². The summed E-state index contributed by atoms with van der Waals surface area (Å²) in [4.78, 5) is 28.9. The first-order chi connectivity index (χ1) is 16.6. The number of para-hydroxylation sites is 2. The summed E-state index contributed by atoms with van der Waals surface area (Å²) in [6, 6.07) is 18.1. The van der Waals surface area contributed by atoms with Gasteiger partial charge in [-0.2, -0.15) is 0 Å². The van der Waals surface area contributed by atoms with Crippen LogP contribution in [0.4, 0.5) is 5.69 Å². The minimum absolute atomic E-state index is 0.0274. The highest BCUT2D eigenvalue weighted by Crippen LogP contribution is 2.35. The van der Waals surface area contributed by atoms with Gasteiger partial charge in [0.25, 0.3) is 5.91 Å². The molecule has 2 unspecified atom stereocenters. The van der Waals surface area contributed by atoms with Gasteiger partial charge in [-0.3, -0.25) is 14.5 Å². The van der Waals surface area contributed by atoms with Crippen LogP contribution in [0.15, 0.2) is 72.8 Å². The van der Waals surface area contributed by atoms with E-state index in [1.54, 1.807) is 48.5 Å². The van der Waals surface area contributed by atoms with Gasteiger partial charge in [0.1, 0.15) is 24.1 Å². The van der Waals surface area contributed by atoms with E-state index in [9.17, 15) is 19.8 Å². The summed E-state index contributed by atoms with van der Waals surface area (Å²) >= 11 is 0. The van der Waals surface area contributed by atoms with Crippen LogP contribution < -0.4 is 19.7 Å². The summed E-state index contributed by atoms with van der Waals surface area (Å²) in [5.41, 5.74) is 0.196. The monoisotopic (exact) mass is 476 g/mol. The van der Waals surface area contributed by atoms with Gasteiger partial charge in [0.15, 0.2) is 11.5 Å². The lowest BCUT2D eigenvalue weighted by Crippen LogP contribution is -2.53. The SMILES string of the molecule is CC(C)(C)NC(=O)C(c1ccc(O)cc1)N(C(=O)C1COc2ccccc2O1)c1cccc(O)c1. The lowest BCUT2D eigenvalue weighted by molar-refractivity contribution is -0.132. The molecule has 0 aliphatic carbocycles. The van der Waals surface area contributed by atoms with Crippen molar-refractivity contribution in [1.82, 2.24) is 5.32 Å². The number of carbonyl (C=O) groups excluding carboxylic acids is 2. The topological polar surface area (TPSA) is 108 Å². The number of nitrogens with one attached hydrogen (secondary N) is 1. The van der Waals surface area contributed by atoms with E-state index >= 15 is 0 Å². The Morgan fingerprint density at radius 3 is 2.29 bits per heavy atom. The van der Waals surface area contributed by atoms with Crippen molar-refractivity contribution < 1.29 is 29.3 Å². The fraction of sp³-hybridized carbons (Fsp3) is 0.259. The smallest absolute Gasteiger partial charge is 0.272 e. The number of phenols is 2. The average molecular weight is 477 g/mol. The van der Waals surface area contributed by atoms with Gasteiger partial charge in [-0.15, -0.1) is 0 Å². The van der Waals surface area contributed by atoms with E-state index in [2.05, 4.69) is 5.32 Å². The number of nitrogens with zero attached hydrogens (tertiary/aromatic N) is 1. The minimum atomic E-state index is -1.12. The molecule has 2 atom stereocenters. The number of phenolic OH excluding ortho intramolecular Hbond substituents is 2. The van der Waals surface area contributed by atoms with Crippen molar-refractivity contribution in [2.75, 3.05) is 11.5 Å². The molecular formula is C27H28N2O6. The molecule has 182 valence electrons. The van der Waals surface area contributed by atoms with E-state index in [-0.39, 0.29) is 18.1 Å². The number of rotatable bonds is 5. The number of hydrogen-bond donors (Lipinski definition) is 3. The van der Waals surface area contributed by atoms with Gasteiger partial charge < -0.3 is 25.0 Å². The van der Waals surface area contributed by atoms with E-state index in [4.69, 9.17) is 9.47 Å². The molecule has 0 aromatic heterocycles. The molecule has 8 heteroatoms. The number of benzene rings is 3. The fourth-order valence-electron chi connectivity index (χ4n) is 3.86. The maximum atomic E-state index is 14.0. The zero-order valence-corrected chi connectivity index (χ0v) is 19.8. The Kier molecular flexibility index (Phi) is 6.55. The maximum Gasteiger partial charge on any atom is 0.272 e. The van der Waals surface area contributed by atoms with Crippen LogP contribution in [0.5, 0.6) is 23.0 Å². The van der Waals surface area contributed by atoms with Crippen LogP contribution in [0.25, 0.3) is 0 Å². The van der Waals surface area contributed by atoms with E-state index in [1.807, 2.05) is 20.8 Å². The third-order valence-corrected chi connectivity index (χ3v) is 5.34. The highest BCUT2D eigenvalue weighted by atomic mass is 16.6. The second-order valence-corrected chi connectivity index (χ2v) is 9.33. The number of anilines is 1. The third kappa shape index (κ3) is 5.48. The highest BCUT2D eigenvalue weighted by Gasteiger charge is 2.40. The molecule has 0 bridgehead atoms. The summed E-state index contributed by atoms with van der Waals surface area (Å²) in [6.45, 7) is 5.48. The van der Waals surface area contributed by atoms with Crippen molar-refractivity contribution in [3.8, 4) is 23.0 Å². The molecule has 35 heavy (non-hydrogen) atoms. The molecule has 3 aromatic carbocycles. The van der Waals surface area contributed by atoms with Crippen LogP contribution in [0, 0.1) is 0 Å². The van der Waals surface area contributed by atoms with E-state index in [0.717, 1.165) is 0 Å². The maximum absolute atomic E-state index is 14.0. The Morgan fingerprint density at radius 1 is 0.943 bits per heavy atom. The van der Waals surface area contributed by atoms with E-state index in [0.29, 0.717) is 22.7 Å². The Bertz CT molecular complexity index is 1220. The van der Waals surface area contributed by atoms with Gasteiger partial charge in [0.2, 0.25) is 12.0 Å². The van der Waals surface area contributed by atoms with Gasteiger partial charge in [-0.1, -0.05) is 30.3 Å². The molecule has 3 N–H and O–H groups in total. The number of fused-ring (bicyclic) bond motifs is 1. The van der Waals surface area contributed by atoms with Crippen molar-refractivity contribution >= 4 is 17.5 Å². The Labute approximate surface area is 203 Å². The summed E-state index contributed by atoms with van der Waals surface area (Å²) in [5, 5.41) is 22.9. The quantitative estimate of drug-likeness (QED) is 0.515. The second kappa shape index (κ2) is 9.58. The van der Waals surface area contributed by atoms with Crippen molar-refractivity contribution in [2.45, 2.75) is 38.5 Å². The van der Waals surface area contributed by atoms with E-state index < -0.39 is 29.5 Å². The summed E-state index contributed by atoms with van der Waals surface area (Å²) in [6.07, 6.45) is -1.03. The standard InChI is InChI=1S/C27H28N2O6/c1-27(2,3)28-25(32)24(17-11-13-19(30)14-12-17)29(18-7-6-8-20(31)15-18)26(33)23-16-34-21-9-4-5-10-22(21)35-23/h4-15,23-24,30-31H,16H2,1-3H3,(H,28,32). The lowest BCUT2D eigenvalue weighted by atomic mass is 10.00. The molecule has 0 radical (unpaired) electrons. The summed E-state index contributed by atoms with van der Waals surface area (Å²) < 4.78 is 11.7. The zero-order chi connectivity index (χ0) is 25.2. The molecule has 0 spiro atoms. The normalized spacial score (nSPS) is 15.7. The van der Waals surface area contributed by atoms with Crippen LogP contribution in [-0.4, -0.2) is 40.3 Å².